The molecule has 0 bridgehead atoms. The first kappa shape index (κ1) is 18.1. The van der Waals surface area contributed by atoms with E-state index in [4.69, 9.17) is 0 Å². The van der Waals surface area contributed by atoms with Crippen LogP contribution in [0.2, 0.25) is 0 Å². The van der Waals surface area contributed by atoms with Crippen molar-refractivity contribution in [3.8, 4) is 0 Å². The van der Waals surface area contributed by atoms with E-state index in [2.05, 4.69) is 43.0 Å². The largest absolute Gasteiger partial charge is 0.391 e. The summed E-state index contributed by atoms with van der Waals surface area (Å²) in [6, 6.07) is 6.46. The van der Waals surface area contributed by atoms with Crippen molar-refractivity contribution < 1.29 is 13.2 Å². The van der Waals surface area contributed by atoms with Gasteiger partial charge in [-0.1, -0.05) is 25.1 Å². The molecule has 1 aliphatic heterocycles. The Hall–Kier alpha value is -1.29. The number of benzene rings is 1. The number of alkyl halides is 3. The second-order valence-electron chi connectivity index (χ2n) is 6.41. The lowest BCUT2D eigenvalue weighted by atomic mass is 9.94. The molecular weight excluding hydrogens is 299 g/mol. The Kier molecular flexibility index (Phi) is 5.90. The zero-order valence-corrected chi connectivity index (χ0v) is 14.2. The third-order valence-corrected chi connectivity index (χ3v) is 4.87. The van der Waals surface area contributed by atoms with Gasteiger partial charge in [0.25, 0.3) is 0 Å². The van der Waals surface area contributed by atoms with Gasteiger partial charge in [-0.2, -0.15) is 13.2 Å². The van der Waals surface area contributed by atoms with Crippen LogP contribution in [0.25, 0.3) is 5.57 Å². The van der Waals surface area contributed by atoms with E-state index in [1.54, 1.807) is 0 Å². The minimum Gasteiger partial charge on any atom is -0.299 e. The molecule has 0 spiro atoms. The molecule has 0 radical (unpaired) electrons. The fourth-order valence-corrected chi connectivity index (χ4v) is 3.23. The molecule has 0 amide bonds. The van der Waals surface area contributed by atoms with Crippen molar-refractivity contribution in [2.24, 2.45) is 5.92 Å². The smallest absolute Gasteiger partial charge is 0.299 e. The topological polar surface area (TPSA) is 3.24 Å². The summed E-state index contributed by atoms with van der Waals surface area (Å²) in [7, 11) is 0. The summed E-state index contributed by atoms with van der Waals surface area (Å²) in [6.45, 7) is 8.06. The van der Waals surface area contributed by atoms with Gasteiger partial charge >= 0.3 is 6.18 Å². The van der Waals surface area contributed by atoms with Crippen LogP contribution in [-0.2, 0) is 13.0 Å². The molecule has 4 heteroatoms. The summed E-state index contributed by atoms with van der Waals surface area (Å²) < 4.78 is 38.2. The van der Waals surface area contributed by atoms with E-state index >= 15 is 0 Å². The van der Waals surface area contributed by atoms with Crippen molar-refractivity contribution in [3.05, 3.63) is 41.0 Å². The van der Waals surface area contributed by atoms with E-state index in [-0.39, 0.29) is 12.8 Å². The zero-order valence-electron chi connectivity index (χ0n) is 14.2. The number of likely N-dealkylation sites (tertiary alicyclic amines) is 1. The van der Waals surface area contributed by atoms with Crippen LogP contribution in [0, 0.1) is 5.92 Å². The van der Waals surface area contributed by atoms with Crippen molar-refractivity contribution in [1.82, 2.24) is 4.90 Å². The van der Waals surface area contributed by atoms with Crippen LogP contribution in [-0.4, -0.2) is 24.2 Å². The Balaban J connectivity index is 2.04. The lowest BCUT2D eigenvalue weighted by Crippen LogP contribution is -2.38. The molecule has 0 atom stereocenters. The summed E-state index contributed by atoms with van der Waals surface area (Å²) in [5.41, 5.74) is 5.01. The van der Waals surface area contributed by atoms with Crippen molar-refractivity contribution >= 4 is 5.57 Å². The average Bonchev–Trinajstić information content (AvgIpc) is 2.53. The highest BCUT2D eigenvalue weighted by Gasteiger charge is 2.40. The normalized spacial score (nSPS) is 18.4. The molecule has 1 nitrogen and oxygen atoms in total. The van der Waals surface area contributed by atoms with Gasteiger partial charge in [-0.05, 0) is 74.5 Å². The lowest BCUT2D eigenvalue weighted by molar-refractivity contribution is -0.185. The Morgan fingerprint density at radius 3 is 2.43 bits per heavy atom. The predicted octanol–water partition coefficient (Wildman–Crippen LogP) is 5.45. The molecule has 0 N–H and O–H groups in total. The number of rotatable bonds is 4. The zero-order chi connectivity index (χ0) is 17.0. The van der Waals surface area contributed by atoms with E-state index in [1.807, 2.05) is 6.92 Å². The van der Waals surface area contributed by atoms with Crippen molar-refractivity contribution in [2.75, 3.05) is 13.1 Å². The lowest BCUT2D eigenvalue weighted by Gasteiger charge is -2.33. The summed E-state index contributed by atoms with van der Waals surface area (Å²) in [5.74, 6) is -1.12. The van der Waals surface area contributed by atoms with Gasteiger partial charge in [-0.3, -0.25) is 4.90 Å². The number of allylic oxidation sites excluding steroid dienone is 2. The maximum Gasteiger partial charge on any atom is 0.391 e. The summed E-state index contributed by atoms with van der Waals surface area (Å²) in [6.07, 6.45) is -0.509. The number of hydrogen-bond donors (Lipinski definition) is 0. The van der Waals surface area contributed by atoms with Gasteiger partial charge in [0, 0.05) is 6.54 Å². The van der Waals surface area contributed by atoms with E-state index in [0.29, 0.717) is 13.1 Å². The quantitative estimate of drug-likeness (QED) is 0.712. The van der Waals surface area contributed by atoms with Gasteiger partial charge in [0.15, 0.2) is 0 Å². The van der Waals surface area contributed by atoms with E-state index in [1.165, 1.54) is 22.3 Å². The highest BCUT2D eigenvalue weighted by molar-refractivity contribution is 5.67. The van der Waals surface area contributed by atoms with Gasteiger partial charge in [0.05, 0.1) is 5.92 Å². The first-order chi connectivity index (χ1) is 10.8. The van der Waals surface area contributed by atoms with Crippen LogP contribution >= 0.6 is 0 Å². The first-order valence-electron chi connectivity index (χ1n) is 8.39. The first-order valence-corrected chi connectivity index (χ1v) is 8.39. The fraction of sp³-hybridized carbons (Fsp3) is 0.579. The molecule has 1 saturated heterocycles. The van der Waals surface area contributed by atoms with Gasteiger partial charge in [0.2, 0.25) is 0 Å². The average molecular weight is 325 g/mol. The number of halogens is 3. The molecule has 2 rings (SSSR count). The highest BCUT2D eigenvalue weighted by Crippen LogP contribution is 2.34. The molecule has 0 aliphatic carbocycles. The van der Waals surface area contributed by atoms with Gasteiger partial charge in [0.1, 0.15) is 0 Å². The van der Waals surface area contributed by atoms with Crippen LogP contribution in [0.5, 0.6) is 0 Å². The number of hydrogen-bond acceptors (Lipinski definition) is 1. The van der Waals surface area contributed by atoms with Crippen molar-refractivity contribution in [2.45, 2.75) is 52.8 Å². The molecule has 0 saturated carbocycles. The summed E-state index contributed by atoms with van der Waals surface area (Å²) in [4.78, 5) is 2.14. The maximum absolute atomic E-state index is 12.7. The third-order valence-electron chi connectivity index (χ3n) is 4.87. The van der Waals surface area contributed by atoms with E-state index in [9.17, 15) is 13.2 Å². The minimum atomic E-state index is -4.04. The Labute approximate surface area is 137 Å². The molecule has 128 valence electrons. The molecular formula is C19H26F3N. The molecule has 1 aromatic rings. The fourth-order valence-electron chi connectivity index (χ4n) is 3.23. The monoisotopic (exact) mass is 325 g/mol. The molecule has 1 heterocycles. The van der Waals surface area contributed by atoms with Crippen LogP contribution in [0.15, 0.2) is 24.3 Å². The standard InChI is InChI=1S/C19H26F3N/c1-4-14(3)18-12-15(6-7-16(18)5-2)13-23-10-8-17(9-11-23)19(20,21)22/h4,6-7,12,17H,5,8-11,13H2,1-3H3. The maximum atomic E-state index is 12.7. The van der Waals surface area contributed by atoms with Crippen LogP contribution in [0.3, 0.4) is 0 Å². The van der Waals surface area contributed by atoms with Crippen molar-refractivity contribution in [1.29, 1.82) is 0 Å². The second kappa shape index (κ2) is 7.52. The second-order valence-corrected chi connectivity index (χ2v) is 6.41. The molecule has 23 heavy (non-hydrogen) atoms. The third kappa shape index (κ3) is 4.60. The molecule has 1 aromatic carbocycles. The Morgan fingerprint density at radius 2 is 1.91 bits per heavy atom. The highest BCUT2D eigenvalue weighted by atomic mass is 19.4. The SMILES string of the molecule is CC=C(C)c1cc(CN2CCC(C(F)(F)F)CC2)ccc1CC. The molecule has 0 unspecified atom stereocenters. The van der Waals surface area contributed by atoms with Gasteiger partial charge in [-0.15, -0.1) is 0 Å². The van der Waals surface area contributed by atoms with Gasteiger partial charge < -0.3 is 0 Å². The Bertz CT molecular complexity index is 552. The molecule has 1 fully saturated rings. The van der Waals surface area contributed by atoms with Crippen LogP contribution in [0.4, 0.5) is 13.2 Å². The number of nitrogens with zero attached hydrogens (tertiary/aromatic N) is 1. The van der Waals surface area contributed by atoms with E-state index < -0.39 is 12.1 Å². The van der Waals surface area contributed by atoms with Crippen LogP contribution < -0.4 is 0 Å². The van der Waals surface area contributed by atoms with Gasteiger partial charge in [-0.25, -0.2) is 0 Å². The van der Waals surface area contributed by atoms with Crippen molar-refractivity contribution in [3.63, 3.8) is 0 Å². The van der Waals surface area contributed by atoms with Crippen LogP contribution in [0.1, 0.15) is 50.3 Å². The number of aryl methyl sites for hydroxylation is 1. The minimum absolute atomic E-state index is 0.220. The number of piperidine rings is 1. The molecule has 0 aromatic heterocycles. The summed E-state index contributed by atoms with van der Waals surface area (Å²) in [5, 5.41) is 0. The predicted molar refractivity (Wildman–Crippen MR) is 89.2 cm³/mol. The Morgan fingerprint density at radius 1 is 1.26 bits per heavy atom. The van der Waals surface area contributed by atoms with E-state index in [0.717, 1.165) is 13.0 Å². The molecule has 1 aliphatic rings. The summed E-state index contributed by atoms with van der Waals surface area (Å²) >= 11 is 0.